The second-order valence-corrected chi connectivity index (χ2v) is 7.17. The van der Waals surface area contributed by atoms with Crippen LogP contribution in [0.5, 0.6) is 0 Å². The van der Waals surface area contributed by atoms with E-state index in [1.165, 1.54) is 12.1 Å². The van der Waals surface area contributed by atoms with E-state index in [4.69, 9.17) is 4.74 Å². The monoisotopic (exact) mass is 345 g/mol. The second-order valence-electron chi connectivity index (χ2n) is 7.17. The Bertz CT molecular complexity index is 769. The summed E-state index contributed by atoms with van der Waals surface area (Å²) in [6.45, 7) is 7.22. The average Bonchev–Trinajstić information content (AvgIpc) is 3.19. The van der Waals surface area contributed by atoms with Crippen molar-refractivity contribution in [3.8, 4) is 0 Å². The zero-order valence-electron chi connectivity index (χ0n) is 14.5. The van der Waals surface area contributed by atoms with Crippen molar-refractivity contribution < 1.29 is 13.9 Å². The molecule has 0 unspecified atom stereocenters. The molecule has 2 aliphatic heterocycles. The first kappa shape index (κ1) is 16.5. The number of halogens is 1. The van der Waals surface area contributed by atoms with Gasteiger partial charge in [0.15, 0.2) is 0 Å². The third-order valence-electron chi connectivity index (χ3n) is 5.51. The number of aromatic amines is 1. The van der Waals surface area contributed by atoms with Gasteiger partial charge in [0.2, 0.25) is 5.91 Å². The number of morpholine rings is 1. The maximum Gasteiger partial charge on any atom is 0.227 e. The number of aromatic nitrogens is 1. The number of fused-ring (bicyclic) bond motifs is 1. The Labute approximate surface area is 146 Å². The van der Waals surface area contributed by atoms with Gasteiger partial charge in [-0.25, -0.2) is 4.39 Å². The van der Waals surface area contributed by atoms with Crippen molar-refractivity contribution in [1.82, 2.24) is 14.8 Å². The van der Waals surface area contributed by atoms with Crippen LogP contribution < -0.4 is 0 Å². The summed E-state index contributed by atoms with van der Waals surface area (Å²) >= 11 is 0. The minimum Gasteiger partial charge on any atom is -0.379 e. The molecule has 5 nitrogen and oxygen atoms in total. The van der Waals surface area contributed by atoms with Crippen LogP contribution in [-0.4, -0.2) is 66.1 Å². The van der Waals surface area contributed by atoms with Crippen molar-refractivity contribution in [3.05, 3.63) is 35.8 Å². The lowest BCUT2D eigenvalue weighted by atomic mass is 10.0. The van der Waals surface area contributed by atoms with Gasteiger partial charge in [0.25, 0.3) is 0 Å². The number of rotatable bonds is 3. The highest BCUT2D eigenvalue weighted by molar-refractivity contribution is 5.89. The normalized spacial score (nSPS) is 25.0. The number of nitrogens with zero attached hydrogens (tertiary/aromatic N) is 2. The van der Waals surface area contributed by atoms with E-state index in [-0.39, 0.29) is 11.7 Å². The molecule has 0 aliphatic carbocycles. The molecule has 4 rings (SSSR count). The summed E-state index contributed by atoms with van der Waals surface area (Å²) in [5, 5.41) is 0.797. The van der Waals surface area contributed by atoms with E-state index in [0.717, 1.165) is 55.9 Å². The summed E-state index contributed by atoms with van der Waals surface area (Å²) in [5.41, 5.74) is 1.73. The Morgan fingerprint density at radius 2 is 2.12 bits per heavy atom. The van der Waals surface area contributed by atoms with Crippen LogP contribution in [0.2, 0.25) is 0 Å². The number of amides is 1. The molecule has 2 aromatic rings. The van der Waals surface area contributed by atoms with Gasteiger partial charge in [-0.05, 0) is 29.7 Å². The molecular formula is C19H24FN3O2. The number of carbonyl (C=O) groups excluding carboxylic acids is 1. The minimum atomic E-state index is -0.275. The molecule has 2 aliphatic rings. The van der Waals surface area contributed by atoms with Gasteiger partial charge in [0.1, 0.15) is 5.82 Å². The average molecular weight is 345 g/mol. The van der Waals surface area contributed by atoms with Crippen LogP contribution in [0.3, 0.4) is 0 Å². The quantitative estimate of drug-likeness (QED) is 0.926. The SMILES string of the molecule is C[C@H]1CN(C(=O)Cc2c[nH]c3ccc(F)cc23)C[C@H]1N1CCOCC1. The fourth-order valence-corrected chi connectivity index (χ4v) is 4.11. The highest BCUT2D eigenvalue weighted by atomic mass is 19.1. The maximum atomic E-state index is 13.5. The number of ether oxygens (including phenoxy) is 1. The van der Waals surface area contributed by atoms with E-state index in [2.05, 4.69) is 16.8 Å². The van der Waals surface area contributed by atoms with Crippen LogP contribution in [0.4, 0.5) is 4.39 Å². The summed E-state index contributed by atoms with van der Waals surface area (Å²) < 4.78 is 18.9. The first-order chi connectivity index (χ1) is 12.1. The first-order valence-electron chi connectivity index (χ1n) is 8.97. The molecule has 25 heavy (non-hydrogen) atoms. The van der Waals surface area contributed by atoms with Crippen LogP contribution in [0.1, 0.15) is 12.5 Å². The maximum absolute atomic E-state index is 13.5. The Morgan fingerprint density at radius 3 is 2.92 bits per heavy atom. The van der Waals surface area contributed by atoms with Gasteiger partial charge in [-0.2, -0.15) is 0 Å². The highest BCUT2D eigenvalue weighted by Crippen LogP contribution is 2.25. The van der Waals surface area contributed by atoms with Crippen LogP contribution >= 0.6 is 0 Å². The lowest BCUT2D eigenvalue weighted by Crippen LogP contribution is -2.47. The van der Waals surface area contributed by atoms with E-state index in [1.54, 1.807) is 6.07 Å². The molecule has 134 valence electrons. The predicted molar refractivity (Wildman–Crippen MR) is 93.9 cm³/mol. The van der Waals surface area contributed by atoms with Gasteiger partial charge in [-0.3, -0.25) is 9.69 Å². The van der Waals surface area contributed by atoms with E-state index in [9.17, 15) is 9.18 Å². The zero-order valence-corrected chi connectivity index (χ0v) is 14.5. The van der Waals surface area contributed by atoms with Gasteiger partial charge in [0, 0.05) is 49.3 Å². The third-order valence-corrected chi connectivity index (χ3v) is 5.51. The number of hydrogen-bond donors (Lipinski definition) is 1. The predicted octanol–water partition coefficient (Wildman–Crippen LogP) is 2.03. The molecule has 1 aromatic heterocycles. The number of nitrogens with one attached hydrogen (secondary N) is 1. The summed E-state index contributed by atoms with van der Waals surface area (Å²) in [4.78, 5) is 20.3. The van der Waals surface area contributed by atoms with E-state index < -0.39 is 0 Å². The van der Waals surface area contributed by atoms with E-state index in [0.29, 0.717) is 18.4 Å². The second kappa shape index (κ2) is 6.77. The van der Waals surface area contributed by atoms with Crippen LogP contribution in [0.15, 0.2) is 24.4 Å². The molecule has 1 amide bonds. The van der Waals surface area contributed by atoms with Crippen molar-refractivity contribution in [2.75, 3.05) is 39.4 Å². The first-order valence-corrected chi connectivity index (χ1v) is 8.97. The number of carbonyl (C=O) groups is 1. The fourth-order valence-electron chi connectivity index (χ4n) is 4.11. The van der Waals surface area contributed by atoms with Crippen molar-refractivity contribution in [2.45, 2.75) is 19.4 Å². The molecule has 3 heterocycles. The highest BCUT2D eigenvalue weighted by Gasteiger charge is 2.36. The lowest BCUT2D eigenvalue weighted by Gasteiger charge is -2.34. The minimum absolute atomic E-state index is 0.118. The standard InChI is InChI=1S/C19H24FN3O2/c1-13-11-23(12-18(13)22-4-6-25-7-5-22)19(24)8-14-10-21-17-3-2-15(20)9-16(14)17/h2-3,9-10,13,18,21H,4-8,11-12H2,1H3/t13-,18+/m0/s1. The molecule has 0 saturated carbocycles. The molecule has 0 radical (unpaired) electrons. The van der Waals surface area contributed by atoms with Crippen LogP contribution in [0.25, 0.3) is 10.9 Å². The lowest BCUT2D eigenvalue weighted by molar-refractivity contribution is -0.129. The molecular weight excluding hydrogens is 321 g/mol. The zero-order chi connectivity index (χ0) is 17.4. The molecule has 2 atom stereocenters. The van der Waals surface area contributed by atoms with Gasteiger partial charge in [0.05, 0.1) is 19.6 Å². The Morgan fingerprint density at radius 1 is 1.32 bits per heavy atom. The Hall–Kier alpha value is -1.92. The number of likely N-dealkylation sites (tertiary alicyclic amines) is 1. The molecule has 1 N–H and O–H groups in total. The Kier molecular flexibility index (Phi) is 4.48. The van der Waals surface area contributed by atoms with Crippen LogP contribution in [0, 0.1) is 11.7 Å². The molecule has 2 fully saturated rings. The number of H-pyrrole nitrogens is 1. The van der Waals surface area contributed by atoms with Crippen molar-refractivity contribution in [2.24, 2.45) is 5.92 Å². The summed E-state index contributed by atoms with van der Waals surface area (Å²) in [5.74, 6) is 0.304. The summed E-state index contributed by atoms with van der Waals surface area (Å²) in [6.07, 6.45) is 2.13. The fraction of sp³-hybridized carbons (Fsp3) is 0.526. The smallest absolute Gasteiger partial charge is 0.227 e. The van der Waals surface area contributed by atoms with Gasteiger partial charge < -0.3 is 14.6 Å². The third kappa shape index (κ3) is 3.28. The molecule has 6 heteroatoms. The van der Waals surface area contributed by atoms with Crippen molar-refractivity contribution in [3.63, 3.8) is 0 Å². The number of hydrogen-bond acceptors (Lipinski definition) is 3. The van der Waals surface area contributed by atoms with Crippen LogP contribution in [-0.2, 0) is 16.0 Å². The van der Waals surface area contributed by atoms with Crippen molar-refractivity contribution >= 4 is 16.8 Å². The van der Waals surface area contributed by atoms with Crippen molar-refractivity contribution in [1.29, 1.82) is 0 Å². The van der Waals surface area contributed by atoms with Gasteiger partial charge in [-0.1, -0.05) is 6.92 Å². The molecule has 2 saturated heterocycles. The topological polar surface area (TPSA) is 48.6 Å². The number of benzene rings is 1. The Balaban J connectivity index is 1.45. The summed E-state index contributed by atoms with van der Waals surface area (Å²) in [7, 11) is 0. The van der Waals surface area contributed by atoms with E-state index >= 15 is 0 Å². The van der Waals surface area contributed by atoms with Gasteiger partial charge in [-0.15, -0.1) is 0 Å². The largest absolute Gasteiger partial charge is 0.379 e. The summed E-state index contributed by atoms with van der Waals surface area (Å²) in [6, 6.07) is 5.05. The molecule has 0 bridgehead atoms. The van der Waals surface area contributed by atoms with E-state index in [1.807, 2.05) is 11.1 Å². The molecule has 0 spiro atoms. The molecule has 1 aromatic carbocycles. The van der Waals surface area contributed by atoms with Gasteiger partial charge >= 0.3 is 0 Å².